The summed E-state index contributed by atoms with van der Waals surface area (Å²) in [6.45, 7) is 4.75. The summed E-state index contributed by atoms with van der Waals surface area (Å²) in [4.78, 5) is 12.9. The number of hydrogen-bond donors (Lipinski definition) is 0. The molecule has 0 fully saturated rings. The van der Waals surface area contributed by atoms with Gasteiger partial charge in [0.1, 0.15) is 11.2 Å². The third-order valence-electron chi connectivity index (χ3n) is 14.1. The standard InChI is InChI=1S/C62H42N2OS/c1-61(2)48-20-7-9-22-50(48)62(51-23-10-8-21-49(51)61)52-24-11-13-26-57(52)66-58-37-44(35-36-53(58)62)39-27-31-41(32-28-39)54-38-55(64-60(63-54)43-15-4-3-5-16-43)42-33-29-40(30-34-42)45-18-14-19-47-46-17-6-12-25-56(46)65-59(45)47/h3-38H,1-2H3. The van der Waals surface area contributed by atoms with E-state index in [-0.39, 0.29) is 5.41 Å². The Labute approximate surface area is 388 Å². The molecule has 1 aliphatic heterocycles. The van der Waals surface area contributed by atoms with Crippen LogP contribution >= 0.6 is 11.8 Å². The smallest absolute Gasteiger partial charge is 0.160 e. The van der Waals surface area contributed by atoms with E-state index in [1.807, 2.05) is 42.1 Å². The van der Waals surface area contributed by atoms with Gasteiger partial charge in [-0.2, -0.15) is 0 Å². The van der Waals surface area contributed by atoms with Gasteiger partial charge in [0.05, 0.1) is 16.8 Å². The minimum absolute atomic E-state index is 0.136. The molecule has 4 heteroatoms. The van der Waals surface area contributed by atoms with Crippen molar-refractivity contribution in [3.63, 3.8) is 0 Å². The van der Waals surface area contributed by atoms with E-state index >= 15 is 0 Å². The molecule has 11 aromatic rings. The number of aromatic nitrogens is 2. The van der Waals surface area contributed by atoms with E-state index in [4.69, 9.17) is 14.4 Å². The molecular weight excluding hydrogens is 821 g/mol. The van der Waals surface area contributed by atoms with Crippen LogP contribution in [0.2, 0.25) is 0 Å². The first kappa shape index (κ1) is 38.6. The number of rotatable bonds is 5. The first-order valence-electron chi connectivity index (χ1n) is 22.6. The van der Waals surface area contributed by atoms with Gasteiger partial charge >= 0.3 is 0 Å². The first-order chi connectivity index (χ1) is 32.4. The summed E-state index contributed by atoms with van der Waals surface area (Å²) in [6.07, 6.45) is 0. The zero-order valence-electron chi connectivity index (χ0n) is 36.5. The van der Waals surface area contributed by atoms with E-state index in [1.165, 1.54) is 48.7 Å². The van der Waals surface area contributed by atoms with Gasteiger partial charge in [-0.3, -0.25) is 0 Å². The zero-order valence-corrected chi connectivity index (χ0v) is 37.3. The molecule has 2 aliphatic rings. The lowest BCUT2D eigenvalue weighted by atomic mass is 9.54. The predicted octanol–water partition coefficient (Wildman–Crippen LogP) is 16.2. The summed E-state index contributed by atoms with van der Waals surface area (Å²) >= 11 is 1.89. The molecule has 0 saturated heterocycles. The van der Waals surface area contributed by atoms with Crippen LogP contribution < -0.4 is 0 Å². The van der Waals surface area contributed by atoms with E-state index in [0.29, 0.717) is 5.82 Å². The molecule has 3 nitrogen and oxygen atoms in total. The average Bonchev–Trinajstić information content (AvgIpc) is 3.77. The van der Waals surface area contributed by atoms with E-state index in [2.05, 4.69) is 202 Å². The minimum Gasteiger partial charge on any atom is -0.455 e. The molecule has 312 valence electrons. The molecule has 3 heterocycles. The molecule has 0 unspecified atom stereocenters. The third kappa shape index (κ3) is 5.85. The normalized spacial score (nSPS) is 14.1. The van der Waals surface area contributed by atoms with Gasteiger partial charge in [-0.15, -0.1) is 0 Å². The highest BCUT2D eigenvalue weighted by Gasteiger charge is 2.52. The highest BCUT2D eigenvalue weighted by atomic mass is 32.2. The minimum atomic E-state index is -0.438. The quantitative estimate of drug-likeness (QED) is 0.173. The van der Waals surface area contributed by atoms with Gasteiger partial charge in [-0.05, 0) is 74.3 Å². The molecule has 0 N–H and O–H groups in total. The Balaban J connectivity index is 0.881. The molecule has 2 aromatic heterocycles. The van der Waals surface area contributed by atoms with Crippen molar-refractivity contribution in [3.8, 4) is 56.2 Å². The van der Waals surface area contributed by atoms with E-state index in [9.17, 15) is 0 Å². The lowest BCUT2D eigenvalue weighted by Crippen LogP contribution is -2.43. The van der Waals surface area contributed by atoms with Crippen molar-refractivity contribution in [2.45, 2.75) is 34.5 Å². The summed E-state index contributed by atoms with van der Waals surface area (Å²) in [7, 11) is 0. The second-order valence-electron chi connectivity index (χ2n) is 18.0. The molecule has 13 rings (SSSR count). The van der Waals surface area contributed by atoms with Crippen LogP contribution in [0.4, 0.5) is 0 Å². The Bertz CT molecular complexity index is 3650. The first-order valence-corrected chi connectivity index (χ1v) is 23.4. The molecule has 0 amide bonds. The Morgan fingerprint density at radius 2 is 0.909 bits per heavy atom. The Hall–Kier alpha value is -7.79. The second-order valence-corrected chi connectivity index (χ2v) is 19.1. The zero-order chi connectivity index (χ0) is 44.0. The summed E-state index contributed by atoms with van der Waals surface area (Å²) in [5.41, 5.74) is 18.7. The summed E-state index contributed by atoms with van der Waals surface area (Å²) in [6, 6.07) is 78.9. The SMILES string of the molecule is CC1(C)c2ccccc2C2(c3ccccc3Sc3cc(-c4ccc(-c5cc(-c6ccc(-c7cccc8c7oc7ccccc78)cc6)nc(-c6ccccc6)n5)cc4)ccc32)c2ccccc21. The Morgan fingerprint density at radius 3 is 1.61 bits per heavy atom. The molecule has 0 radical (unpaired) electrons. The van der Waals surface area contributed by atoms with Gasteiger partial charge < -0.3 is 4.42 Å². The molecule has 0 saturated carbocycles. The second kappa shape index (κ2) is 14.9. The van der Waals surface area contributed by atoms with E-state index in [0.717, 1.165) is 66.7 Å². The van der Waals surface area contributed by atoms with Gasteiger partial charge in [-0.25, -0.2) is 9.97 Å². The maximum atomic E-state index is 6.39. The van der Waals surface area contributed by atoms with Crippen molar-refractivity contribution in [1.29, 1.82) is 0 Å². The van der Waals surface area contributed by atoms with Crippen LogP contribution in [0, 0.1) is 0 Å². The number of fused-ring (bicyclic) bond motifs is 11. The maximum absolute atomic E-state index is 6.39. The van der Waals surface area contributed by atoms with Crippen LogP contribution in [0.15, 0.2) is 233 Å². The van der Waals surface area contributed by atoms with Crippen LogP contribution in [0.5, 0.6) is 0 Å². The van der Waals surface area contributed by atoms with Crippen LogP contribution in [-0.4, -0.2) is 9.97 Å². The fourth-order valence-electron chi connectivity index (χ4n) is 10.9. The molecule has 0 bridgehead atoms. The summed E-state index contributed by atoms with van der Waals surface area (Å²) in [5, 5.41) is 2.25. The molecule has 0 atom stereocenters. The predicted molar refractivity (Wildman–Crippen MR) is 271 cm³/mol. The van der Waals surface area contributed by atoms with Gasteiger partial charge in [0.15, 0.2) is 5.82 Å². The highest BCUT2D eigenvalue weighted by molar-refractivity contribution is 7.99. The van der Waals surface area contributed by atoms with Crippen LogP contribution in [0.1, 0.15) is 47.2 Å². The van der Waals surface area contributed by atoms with Crippen molar-refractivity contribution >= 4 is 33.7 Å². The molecular formula is C62H42N2OS. The van der Waals surface area contributed by atoms with Gasteiger partial charge in [0.2, 0.25) is 0 Å². The van der Waals surface area contributed by atoms with Gasteiger partial charge in [0.25, 0.3) is 0 Å². The van der Waals surface area contributed by atoms with Crippen molar-refractivity contribution in [1.82, 2.24) is 9.97 Å². The van der Waals surface area contributed by atoms with Gasteiger partial charge in [-0.1, -0.05) is 220 Å². The average molecular weight is 863 g/mol. The highest BCUT2D eigenvalue weighted by Crippen LogP contribution is 2.61. The number of hydrogen-bond acceptors (Lipinski definition) is 4. The van der Waals surface area contributed by atoms with Crippen LogP contribution in [0.3, 0.4) is 0 Å². The van der Waals surface area contributed by atoms with E-state index < -0.39 is 5.41 Å². The molecule has 1 aliphatic carbocycles. The Kier molecular flexibility index (Phi) is 8.71. The van der Waals surface area contributed by atoms with Crippen molar-refractivity contribution in [3.05, 3.63) is 252 Å². The number of para-hydroxylation sites is 2. The lowest BCUT2D eigenvalue weighted by molar-refractivity contribution is 0.549. The number of nitrogens with zero attached hydrogens (tertiary/aromatic N) is 2. The van der Waals surface area contributed by atoms with Crippen LogP contribution in [0.25, 0.3) is 78.1 Å². The summed E-state index contributed by atoms with van der Waals surface area (Å²) in [5.74, 6) is 0.693. The molecule has 9 aromatic carbocycles. The molecule has 1 spiro atoms. The van der Waals surface area contributed by atoms with E-state index in [1.54, 1.807) is 0 Å². The van der Waals surface area contributed by atoms with Crippen molar-refractivity contribution < 1.29 is 4.42 Å². The van der Waals surface area contributed by atoms with Crippen molar-refractivity contribution in [2.24, 2.45) is 0 Å². The fraction of sp³-hybridized carbons (Fsp3) is 0.0645. The Morgan fingerprint density at radius 1 is 0.379 bits per heavy atom. The van der Waals surface area contributed by atoms with Crippen molar-refractivity contribution in [2.75, 3.05) is 0 Å². The number of furan rings is 1. The molecule has 66 heavy (non-hydrogen) atoms. The topological polar surface area (TPSA) is 38.9 Å². The maximum Gasteiger partial charge on any atom is 0.160 e. The monoisotopic (exact) mass is 862 g/mol. The lowest BCUT2D eigenvalue weighted by Gasteiger charge is -2.50. The van der Waals surface area contributed by atoms with Crippen LogP contribution in [-0.2, 0) is 10.8 Å². The third-order valence-corrected chi connectivity index (χ3v) is 15.2. The fourth-order valence-corrected chi connectivity index (χ4v) is 12.1. The number of benzene rings is 9. The summed E-state index contributed by atoms with van der Waals surface area (Å²) < 4.78 is 6.39. The largest absolute Gasteiger partial charge is 0.455 e. The van der Waals surface area contributed by atoms with Gasteiger partial charge in [0, 0.05) is 48.2 Å².